The molecule has 0 aliphatic rings. The first-order chi connectivity index (χ1) is 13.3. The molecule has 10 nitrogen and oxygen atoms in total. The fraction of sp³-hybridized carbons (Fsp3) is 0.125. The molecule has 0 saturated heterocycles. The molecule has 28 heavy (non-hydrogen) atoms. The largest absolute Gasteiger partial charge is 0.494 e. The Morgan fingerprint density at radius 2 is 2.18 bits per heavy atom. The summed E-state index contributed by atoms with van der Waals surface area (Å²) in [5, 5.41) is 18.0. The van der Waals surface area contributed by atoms with Crippen LogP contribution < -0.4 is 10.1 Å². The van der Waals surface area contributed by atoms with Crippen molar-refractivity contribution in [3.8, 4) is 11.6 Å². The number of anilines is 2. The van der Waals surface area contributed by atoms with Crippen molar-refractivity contribution in [2.45, 2.75) is 6.92 Å². The molecule has 12 heteroatoms. The minimum absolute atomic E-state index is 0.000544. The fourth-order valence-electron chi connectivity index (χ4n) is 2.35. The molecule has 0 amide bonds. The third kappa shape index (κ3) is 3.60. The van der Waals surface area contributed by atoms with E-state index in [4.69, 9.17) is 16.3 Å². The number of ether oxygens (including phenoxy) is 1. The third-order valence-electron chi connectivity index (χ3n) is 3.72. The molecule has 0 radical (unpaired) electrons. The number of hydrogen-bond donors (Lipinski definition) is 1. The Hall–Kier alpha value is -3.60. The molecule has 1 aromatic carbocycles. The topological polar surface area (TPSA) is 125 Å². The maximum atomic E-state index is 13.8. The minimum Gasteiger partial charge on any atom is -0.494 e. The molecule has 1 N–H and O–H groups in total. The standard InChI is InChI=1S/C16H12ClFN6O4/c1-8-9(7-25)6-23(22-8)15-10(17)5-19-16(21-15)20-12-4-13(24(26)27)11(18)3-14(12)28-2/h3-7H,1-2H3,(H,19,20,21). The van der Waals surface area contributed by atoms with Crippen molar-refractivity contribution in [3.63, 3.8) is 0 Å². The smallest absolute Gasteiger partial charge is 0.307 e. The van der Waals surface area contributed by atoms with Gasteiger partial charge in [0.1, 0.15) is 10.8 Å². The van der Waals surface area contributed by atoms with Crippen LogP contribution in [-0.4, -0.2) is 38.1 Å². The first-order valence-electron chi connectivity index (χ1n) is 7.67. The van der Waals surface area contributed by atoms with Crippen molar-refractivity contribution < 1.29 is 18.8 Å². The number of aldehydes is 1. The van der Waals surface area contributed by atoms with Crippen molar-refractivity contribution >= 4 is 35.2 Å². The molecule has 0 spiro atoms. The van der Waals surface area contributed by atoms with Gasteiger partial charge >= 0.3 is 5.69 Å². The normalized spacial score (nSPS) is 10.6. The Morgan fingerprint density at radius 1 is 1.43 bits per heavy atom. The molecule has 0 fully saturated rings. The van der Waals surface area contributed by atoms with E-state index in [1.54, 1.807) is 6.92 Å². The summed E-state index contributed by atoms with van der Waals surface area (Å²) in [4.78, 5) is 29.3. The highest BCUT2D eigenvalue weighted by atomic mass is 35.5. The Balaban J connectivity index is 2.03. The van der Waals surface area contributed by atoms with Crippen LogP contribution in [0, 0.1) is 22.9 Å². The van der Waals surface area contributed by atoms with E-state index in [-0.39, 0.29) is 28.2 Å². The summed E-state index contributed by atoms with van der Waals surface area (Å²) < 4.78 is 20.1. The van der Waals surface area contributed by atoms with Gasteiger partial charge in [0.15, 0.2) is 12.1 Å². The summed E-state index contributed by atoms with van der Waals surface area (Å²) in [6.45, 7) is 1.65. The number of nitro benzene ring substituents is 1. The zero-order chi connectivity index (χ0) is 20.4. The zero-order valence-corrected chi connectivity index (χ0v) is 15.3. The molecule has 0 aliphatic carbocycles. The second-order valence-electron chi connectivity index (χ2n) is 5.48. The van der Waals surface area contributed by atoms with Crippen molar-refractivity contribution in [2.24, 2.45) is 0 Å². The van der Waals surface area contributed by atoms with E-state index in [1.165, 1.54) is 24.2 Å². The maximum Gasteiger partial charge on any atom is 0.307 e. The van der Waals surface area contributed by atoms with Crippen LogP contribution in [0.4, 0.5) is 21.7 Å². The van der Waals surface area contributed by atoms with E-state index >= 15 is 0 Å². The molecule has 2 heterocycles. The quantitative estimate of drug-likeness (QED) is 0.375. The Kier molecular flexibility index (Phi) is 5.18. The van der Waals surface area contributed by atoms with Gasteiger partial charge in [-0.3, -0.25) is 14.9 Å². The van der Waals surface area contributed by atoms with Gasteiger partial charge in [0.05, 0.1) is 35.2 Å². The molecule has 3 rings (SSSR count). The molecule has 0 aliphatic heterocycles. The monoisotopic (exact) mass is 406 g/mol. The van der Waals surface area contributed by atoms with Gasteiger partial charge in [-0.15, -0.1) is 0 Å². The predicted octanol–water partition coefficient (Wildman–Crippen LogP) is 3.24. The van der Waals surface area contributed by atoms with Crippen LogP contribution in [0.5, 0.6) is 5.75 Å². The van der Waals surface area contributed by atoms with Crippen molar-refractivity contribution in [1.82, 2.24) is 19.7 Å². The third-order valence-corrected chi connectivity index (χ3v) is 3.99. The Labute approximate surface area is 162 Å². The summed E-state index contributed by atoms with van der Waals surface area (Å²) in [7, 11) is 1.29. The van der Waals surface area contributed by atoms with E-state index in [0.29, 0.717) is 17.5 Å². The fourth-order valence-corrected chi connectivity index (χ4v) is 2.52. The summed E-state index contributed by atoms with van der Waals surface area (Å²) in [6, 6.07) is 1.85. The summed E-state index contributed by atoms with van der Waals surface area (Å²) in [6.07, 6.45) is 3.38. The number of aromatic nitrogens is 4. The van der Waals surface area contributed by atoms with Gasteiger partial charge in [-0.25, -0.2) is 9.67 Å². The van der Waals surface area contributed by atoms with Gasteiger partial charge in [0, 0.05) is 18.3 Å². The van der Waals surface area contributed by atoms with Crippen LogP contribution in [0.15, 0.2) is 24.5 Å². The molecule has 144 valence electrons. The number of halogens is 2. The van der Waals surface area contributed by atoms with Crippen LogP contribution in [-0.2, 0) is 0 Å². The minimum atomic E-state index is -1.04. The maximum absolute atomic E-state index is 13.8. The number of aryl methyl sites for hydroxylation is 1. The number of rotatable bonds is 6. The first kappa shape index (κ1) is 19.2. The number of nitro groups is 1. The van der Waals surface area contributed by atoms with Crippen LogP contribution in [0.2, 0.25) is 5.02 Å². The van der Waals surface area contributed by atoms with E-state index < -0.39 is 16.4 Å². The van der Waals surface area contributed by atoms with Gasteiger partial charge < -0.3 is 10.1 Å². The lowest BCUT2D eigenvalue weighted by atomic mass is 10.2. The number of nitrogens with one attached hydrogen (secondary N) is 1. The highest BCUT2D eigenvalue weighted by Gasteiger charge is 2.20. The molecule has 0 bridgehead atoms. The second kappa shape index (κ2) is 7.56. The molecule has 0 unspecified atom stereocenters. The Morgan fingerprint density at radius 3 is 2.79 bits per heavy atom. The number of carbonyl (C=O) groups is 1. The molecular formula is C16H12ClFN6O4. The number of carbonyl (C=O) groups excluding carboxylic acids is 1. The van der Waals surface area contributed by atoms with Crippen molar-refractivity contribution in [1.29, 1.82) is 0 Å². The van der Waals surface area contributed by atoms with Crippen LogP contribution in [0.25, 0.3) is 5.82 Å². The second-order valence-corrected chi connectivity index (χ2v) is 5.89. The molecule has 2 aromatic heterocycles. The molecule has 0 atom stereocenters. The lowest BCUT2D eigenvalue weighted by Gasteiger charge is -2.11. The molecular weight excluding hydrogens is 395 g/mol. The van der Waals surface area contributed by atoms with Gasteiger partial charge in [0.2, 0.25) is 11.8 Å². The SMILES string of the molecule is COc1cc(F)c([N+](=O)[O-])cc1Nc1ncc(Cl)c(-n2cc(C=O)c(C)n2)n1. The van der Waals surface area contributed by atoms with E-state index in [9.17, 15) is 19.3 Å². The van der Waals surface area contributed by atoms with Gasteiger partial charge in [-0.05, 0) is 6.92 Å². The number of benzene rings is 1. The van der Waals surface area contributed by atoms with Crippen LogP contribution >= 0.6 is 11.6 Å². The lowest BCUT2D eigenvalue weighted by Crippen LogP contribution is -2.06. The van der Waals surface area contributed by atoms with Gasteiger partial charge in [0.25, 0.3) is 0 Å². The average Bonchev–Trinajstić information content (AvgIpc) is 3.04. The van der Waals surface area contributed by atoms with Gasteiger partial charge in [-0.2, -0.15) is 14.5 Å². The number of methoxy groups -OCH3 is 1. The van der Waals surface area contributed by atoms with E-state index in [2.05, 4.69) is 20.4 Å². The number of nitrogens with zero attached hydrogens (tertiary/aromatic N) is 5. The van der Waals surface area contributed by atoms with E-state index in [1.807, 2.05) is 0 Å². The average molecular weight is 407 g/mol. The van der Waals surface area contributed by atoms with Gasteiger partial charge in [-0.1, -0.05) is 11.6 Å². The zero-order valence-electron chi connectivity index (χ0n) is 14.5. The lowest BCUT2D eigenvalue weighted by molar-refractivity contribution is -0.387. The summed E-state index contributed by atoms with van der Waals surface area (Å²) >= 11 is 6.12. The highest BCUT2D eigenvalue weighted by Crippen LogP contribution is 2.33. The van der Waals surface area contributed by atoms with Crippen molar-refractivity contribution in [3.05, 3.63) is 56.7 Å². The van der Waals surface area contributed by atoms with Crippen LogP contribution in [0.3, 0.4) is 0 Å². The first-order valence-corrected chi connectivity index (χ1v) is 8.05. The summed E-state index contributed by atoms with van der Waals surface area (Å²) in [5.74, 6) is -0.856. The Bertz CT molecular complexity index is 1090. The number of hydrogen-bond acceptors (Lipinski definition) is 8. The molecule has 3 aromatic rings. The summed E-state index contributed by atoms with van der Waals surface area (Å²) in [5.41, 5.74) is 0.181. The highest BCUT2D eigenvalue weighted by molar-refractivity contribution is 6.32. The molecule has 0 saturated carbocycles. The van der Waals surface area contributed by atoms with Crippen LogP contribution in [0.1, 0.15) is 16.1 Å². The predicted molar refractivity (Wildman–Crippen MR) is 97.2 cm³/mol. The van der Waals surface area contributed by atoms with E-state index in [0.717, 1.165) is 12.1 Å². The van der Waals surface area contributed by atoms with Crippen molar-refractivity contribution in [2.75, 3.05) is 12.4 Å².